The van der Waals surface area contributed by atoms with E-state index in [2.05, 4.69) is 0 Å². The van der Waals surface area contributed by atoms with E-state index in [1.807, 2.05) is 12.2 Å². The lowest BCUT2D eigenvalue weighted by molar-refractivity contribution is -0.169. The van der Waals surface area contributed by atoms with E-state index < -0.39 is 17.8 Å². The van der Waals surface area contributed by atoms with Crippen molar-refractivity contribution in [3.8, 4) is 0 Å². The minimum Gasteiger partial charge on any atom is -0.330 e. The molecule has 0 aromatic heterocycles. The number of hydroxylamine groups is 2. The van der Waals surface area contributed by atoms with Crippen LogP contribution in [0.25, 0.3) is 0 Å². The highest BCUT2D eigenvalue weighted by molar-refractivity contribution is 6.20. The number of amides is 2. The second kappa shape index (κ2) is 5.52. The molecule has 1 heterocycles. The molecule has 0 spiro atoms. The van der Waals surface area contributed by atoms with Gasteiger partial charge in [0.25, 0.3) is 11.8 Å². The van der Waals surface area contributed by atoms with Gasteiger partial charge >= 0.3 is 5.97 Å². The van der Waals surface area contributed by atoms with Gasteiger partial charge in [-0.15, -0.1) is 0 Å². The van der Waals surface area contributed by atoms with Crippen molar-refractivity contribution in [1.29, 1.82) is 0 Å². The van der Waals surface area contributed by atoms with Crippen LogP contribution in [0.5, 0.6) is 0 Å². The number of hydrogen-bond acceptors (Lipinski definition) is 4. The van der Waals surface area contributed by atoms with Crippen LogP contribution in [0.15, 0.2) is 36.4 Å². The number of benzene rings is 1. The van der Waals surface area contributed by atoms with Gasteiger partial charge in [-0.2, -0.15) is 0 Å². The highest BCUT2D eigenvalue weighted by Crippen LogP contribution is 2.24. The number of hydrogen-bond donors (Lipinski definition) is 0. The molecule has 1 unspecified atom stereocenters. The normalized spacial score (nSPS) is 20.6. The van der Waals surface area contributed by atoms with Gasteiger partial charge in [0, 0.05) is 0 Å². The molecule has 1 aliphatic carbocycles. The zero-order valence-electron chi connectivity index (χ0n) is 11.5. The molecule has 0 bridgehead atoms. The SMILES string of the molecule is O=C(CC1C=CCCC1)ON1C(=O)c2ccccc2C1=O. The fourth-order valence-electron chi connectivity index (χ4n) is 2.66. The fraction of sp³-hybridized carbons (Fsp3) is 0.312. The van der Waals surface area contributed by atoms with Crippen LogP contribution in [-0.4, -0.2) is 22.8 Å². The zero-order chi connectivity index (χ0) is 14.8. The first-order valence-electron chi connectivity index (χ1n) is 7.02. The molecule has 2 aliphatic rings. The number of carbonyl (C=O) groups excluding carboxylic acids is 3. The third-order valence-corrected chi connectivity index (χ3v) is 3.73. The number of rotatable bonds is 3. The molecule has 0 radical (unpaired) electrons. The summed E-state index contributed by atoms with van der Waals surface area (Å²) in [5.41, 5.74) is 0.542. The van der Waals surface area contributed by atoms with Crippen LogP contribution in [0.2, 0.25) is 0 Å². The Balaban J connectivity index is 1.67. The first-order chi connectivity index (χ1) is 10.2. The van der Waals surface area contributed by atoms with Crippen molar-refractivity contribution in [2.75, 3.05) is 0 Å². The standard InChI is InChI=1S/C16H15NO4/c18-14(10-11-6-2-1-3-7-11)21-17-15(19)12-8-4-5-9-13(12)16(17)20/h2,4-6,8-9,11H,1,3,7,10H2. The van der Waals surface area contributed by atoms with Crippen molar-refractivity contribution in [3.63, 3.8) is 0 Å². The van der Waals surface area contributed by atoms with Gasteiger partial charge < -0.3 is 4.84 Å². The molecule has 0 saturated carbocycles. The molecular formula is C16H15NO4. The van der Waals surface area contributed by atoms with Gasteiger partial charge in [-0.3, -0.25) is 9.59 Å². The van der Waals surface area contributed by atoms with E-state index in [-0.39, 0.29) is 23.5 Å². The van der Waals surface area contributed by atoms with Crippen molar-refractivity contribution in [3.05, 3.63) is 47.5 Å². The minimum atomic E-state index is -0.580. The second-order valence-electron chi connectivity index (χ2n) is 5.24. The summed E-state index contributed by atoms with van der Waals surface area (Å²) in [6.45, 7) is 0. The summed E-state index contributed by atoms with van der Waals surface area (Å²) in [6.07, 6.45) is 7.22. The van der Waals surface area contributed by atoms with E-state index in [0.717, 1.165) is 19.3 Å². The van der Waals surface area contributed by atoms with Crippen LogP contribution in [0.3, 0.4) is 0 Å². The molecule has 2 amide bonds. The van der Waals surface area contributed by atoms with Crippen molar-refractivity contribution in [2.24, 2.45) is 5.92 Å². The van der Waals surface area contributed by atoms with Crippen molar-refractivity contribution in [2.45, 2.75) is 25.7 Å². The topological polar surface area (TPSA) is 63.7 Å². The number of fused-ring (bicyclic) bond motifs is 1. The molecule has 1 aromatic carbocycles. The monoisotopic (exact) mass is 285 g/mol. The van der Waals surface area contributed by atoms with E-state index in [4.69, 9.17) is 4.84 Å². The molecule has 5 nitrogen and oxygen atoms in total. The second-order valence-corrected chi connectivity index (χ2v) is 5.24. The Morgan fingerprint density at radius 1 is 1.19 bits per heavy atom. The van der Waals surface area contributed by atoms with Crippen LogP contribution in [0, 0.1) is 5.92 Å². The number of carbonyl (C=O) groups is 3. The van der Waals surface area contributed by atoms with E-state index >= 15 is 0 Å². The first-order valence-corrected chi connectivity index (χ1v) is 7.02. The summed E-state index contributed by atoms with van der Waals surface area (Å²) in [4.78, 5) is 41.0. The summed E-state index contributed by atoms with van der Waals surface area (Å²) in [5.74, 6) is -1.59. The predicted molar refractivity (Wildman–Crippen MR) is 74.1 cm³/mol. The molecule has 5 heteroatoms. The Labute approximate surface area is 122 Å². The summed E-state index contributed by atoms with van der Waals surface area (Å²) in [7, 11) is 0. The third kappa shape index (κ3) is 2.59. The van der Waals surface area contributed by atoms with Gasteiger partial charge in [-0.1, -0.05) is 29.3 Å². The Kier molecular flexibility index (Phi) is 3.56. The third-order valence-electron chi connectivity index (χ3n) is 3.73. The predicted octanol–water partition coefficient (Wildman–Crippen LogP) is 2.49. The maximum absolute atomic E-state index is 12.0. The molecule has 108 valence electrons. The largest absolute Gasteiger partial charge is 0.333 e. The molecule has 0 fully saturated rings. The average molecular weight is 285 g/mol. The Morgan fingerprint density at radius 3 is 2.43 bits per heavy atom. The van der Waals surface area contributed by atoms with Crippen LogP contribution in [0.4, 0.5) is 0 Å². The number of allylic oxidation sites excluding steroid dienone is 2. The van der Waals surface area contributed by atoms with Gasteiger partial charge in [-0.25, -0.2) is 4.79 Å². The van der Waals surface area contributed by atoms with Crippen LogP contribution in [-0.2, 0) is 9.63 Å². The van der Waals surface area contributed by atoms with Crippen molar-refractivity contribution in [1.82, 2.24) is 5.06 Å². The lowest BCUT2D eigenvalue weighted by atomic mass is 9.93. The highest BCUT2D eigenvalue weighted by Gasteiger charge is 2.38. The van der Waals surface area contributed by atoms with E-state index in [1.54, 1.807) is 24.3 Å². The lowest BCUT2D eigenvalue weighted by Gasteiger charge is -2.17. The van der Waals surface area contributed by atoms with Crippen molar-refractivity contribution < 1.29 is 19.2 Å². The van der Waals surface area contributed by atoms with E-state index in [1.165, 1.54) is 0 Å². The van der Waals surface area contributed by atoms with Gasteiger partial charge in [0.05, 0.1) is 17.5 Å². The zero-order valence-corrected chi connectivity index (χ0v) is 11.5. The lowest BCUT2D eigenvalue weighted by Crippen LogP contribution is -2.33. The van der Waals surface area contributed by atoms with Gasteiger partial charge in [0.15, 0.2) is 0 Å². The first kappa shape index (κ1) is 13.5. The Hall–Kier alpha value is -2.43. The molecule has 1 atom stereocenters. The average Bonchev–Trinajstić information content (AvgIpc) is 2.74. The van der Waals surface area contributed by atoms with Gasteiger partial charge in [0.1, 0.15) is 0 Å². The molecular weight excluding hydrogens is 270 g/mol. The summed E-state index contributed by atoms with van der Waals surface area (Å²) in [5, 5.41) is 0.569. The number of imide groups is 1. The molecule has 0 saturated heterocycles. The summed E-state index contributed by atoms with van der Waals surface area (Å²) < 4.78 is 0. The van der Waals surface area contributed by atoms with Crippen LogP contribution < -0.4 is 0 Å². The van der Waals surface area contributed by atoms with Crippen molar-refractivity contribution >= 4 is 17.8 Å². The quantitative estimate of drug-likeness (QED) is 0.632. The smallest absolute Gasteiger partial charge is 0.330 e. The fourth-order valence-corrected chi connectivity index (χ4v) is 2.66. The van der Waals surface area contributed by atoms with Crippen LogP contribution >= 0.6 is 0 Å². The summed E-state index contributed by atoms with van der Waals surface area (Å²) >= 11 is 0. The number of nitrogens with zero attached hydrogens (tertiary/aromatic N) is 1. The maximum atomic E-state index is 12.0. The molecule has 0 N–H and O–H groups in total. The molecule has 1 aromatic rings. The van der Waals surface area contributed by atoms with E-state index in [0.29, 0.717) is 5.06 Å². The molecule has 1 aliphatic heterocycles. The Morgan fingerprint density at radius 2 is 1.86 bits per heavy atom. The molecule has 3 rings (SSSR count). The molecule has 21 heavy (non-hydrogen) atoms. The van der Waals surface area contributed by atoms with Crippen LogP contribution in [0.1, 0.15) is 46.4 Å². The van der Waals surface area contributed by atoms with Gasteiger partial charge in [-0.05, 0) is 37.3 Å². The summed E-state index contributed by atoms with van der Waals surface area (Å²) in [6, 6.07) is 6.44. The highest BCUT2D eigenvalue weighted by atomic mass is 16.7. The van der Waals surface area contributed by atoms with Gasteiger partial charge in [0.2, 0.25) is 0 Å². The Bertz CT molecular complexity index is 600. The minimum absolute atomic E-state index is 0.126. The maximum Gasteiger partial charge on any atom is 0.333 e. The van der Waals surface area contributed by atoms with E-state index in [9.17, 15) is 14.4 Å².